The number of benzene rings is 8. The Kier molecular flexibility index (Phi) is 7.19. The molecule has 0 radical (unpaired) electrons. The third kappa shape index (κ3) is 5.02. The lowest BCUT2D eigenvalue weighted by Crippen LogP contribution is -2.15. The zero-order chi connectivity index (χ0) is 35.5. The first-order chi connectivity index (χ1) is 26.1. The van der Waals surface area contributed by atoms with Crippen molar-refractivity contribution in [3.63, 3.8) is 0 Å². The number of rotatable bonds is 6. The predicted molar refractivity (Wildman–Crippen MR) is 222 cm³/mol. The first-order valence-corrected chi connectivity index (χ1v) is 18.4. The van der Waals surface area contributed by atoms with Gasteiger partial charge in [0.15, 0.2) is 0 Å². The fourth-order valence-corrected chi connectivity index (χ4v) is 8.48. The summed E-state index contributed by atoms with van der Waals surface area (Å²) in [5, 5.41) is 2.19. The number of hydrogen-bond acceptors (Lipinski definition) is 2. The molecule has 1 aliphatic carbocycles. The first-order valence-electron chi connectivity index (χ1n) is 18.4. The highest BCUT2D eigenvalue weighted by atomic mass is 16.3. The number of furan rings is 1. The zero-order valence-corrected chi connectivity index (χ0v) is 29.8. The molecule has 8 aromatic carbocycles. The van der Waals surface area contributed by atoms with Crippen LogP contribution in [-0.2, 0) is 5.41 Å². The van der Waals surface area contributed by atoms with E-state index in [4.69, 9.17) is 4.42 Å². The fraction of sp³-hybridized carbons (Fsp3) is 0.0588. The molecule has 10 rings (SSSR count). The maximum Gasteiger partial charge on any atom is 0.145 e. The summed E-state index contributed by atoms with van der Waals surface area (Å²) >= 11 is 0. The van der Waals surface area contributed by atoms with Gasteiger partial charge in [-0.05, 0) is 80.9 Å². The van der Waals surface area contributed by atoms with E-state index in [2.05, 4.69) is 207 Å². The maximum atomic E-state index is 6.79. The molecule has 0 unspecified atom stereocenters. The van der Waals surface area contributed by atoms with Gasteiger partial charge in [0, 0.05) is 27.6 Å². The summed E-state index contributed by atoms with van der Waals surface area (Å²) in [6, 6.07) is 67.8. The molecule has 9 aromatic rings. The molecule has 2 nitrogen and oxygen atoms in total. The molecule has 2 heteroatoms. The molecule has 0 saturated heterocycles. The zero-order valence-electron chi connectivity index (χ0n) is 29.8. The largest absolute Gasteiger partial charge is 0.455 e. The van der Waals surface area contributed by atoms with Crippen LogP contribution in [0.1, 0.15) is 25.0 Å². The minimum Gasteiger partial charge on any atom is -0.455 e. The molecule has 0 bridgehead atoms. The highest BCUT2D eigenvalue weighted by molar-refractivity contribution is 6.17. The lowest BCUT2D eigenvalue weighted by molar-refractivity contribution is 0.660. The standard InChI is InChI=1S/C51H37NO/c1-51(2)44-22-12-9-20-41(44)43-33-38(29-31-45(43)51)52(46-23-13-10-19-39(46)37-27-25-35(26-28-37)34-15-5-3-6-16-34)47-32-30-40(36-17-7-4-8-18-36)50-49(47)42-21-11-14-24-48(42)53-50/h3-33H,1-2H3. The van der Waals surface area contributed by atoms with E-state index in [0.717, 1.165) is 61.3 Å². The Morgan fingerprint density at radius 3 is 1.79 bits per heavy atom. The van der Waals surface area contributed by atoms with Crippen LogP contribution >= 0.6 is 0 Å². The van der Waals surface area contributed by atoms with Gasteiger partial charge in [-0.15, -0.1) is 0 Å². The summed E-state index contributed by atoms with van der Waals surface area (Å²) in [5.74, 6) is 0. The van der Waals surface area contributed by atoms with Crippen molar-refractivity contribution >= 4 is 39.0 Å². The molecule has 1 heterocycles. The quantitative estimate of drug-likeness (QED) is 0.174. The van der Waals surface area contributed by atoms with Gasteiger partial charge < -0.3 is 9.32 Å². The van der Waals surface area contributed by atoms with Gasteiger partial charge in [-0.3, -0.25) is 0 Å². The normalized spacial score (nSPS) is 12.9. The molecule has 0 saturated carbocycles. The maximum absolute atomic E-state index is 6.79. The molecule has 1 aliphatic rings. The summed E-state index contributed by atoms with van der Waals surface area (Å²) in [5.41, 5.74) is 17.2. The Morgan fingerprint density at radius 2 is 1.00 bits per heavy atom. The second-order valence-electron chi connectivity index (χ2n) is 14.5. The summed E-state index contributed by atoms with van der Waals surface area (Å²) in [4.78, 5) is 2.45. The number of hydrogen-bond donors (Lipinski definition) is 0. The van der Waals surface area contributed by atoms with E-state index < -0.39 is 0 Å². The van der Waals surface area contributed by atoms with E-state index in [9.17, 15) is 0 Å². The minimum atomic E-state index is -0.0843. The SMILES string of the molecule is CC1(C)c2ccccc2-c2cc(N(c3ccccc3-c3ccc(-c4ccccc4)cc3)c3ccc(-c4ccccc4)c4oc5ccccc5c34)ccc21. The molecule has 0 atom stereocenters. The van der Waals surface area contributed by atoms with E-state index >= 15 is 0 Å². The molecule has 0 aliphatic heterocycles. The van der Waals surface area contributed by atoms with E-state index in [1.54, 1.807) is 0 Å². The van der Waals surface area contributed by atoms with Gasteiger partial charge in [0.1, 0.15) is 11.2 Å². The van der Waals surface area contributed by atoms with Crippen molar-refractivity contribution in [2.45, 2.75) is 19.3 Å². The van der Waals surface area contributed by atoms with Crippen LogP contribution in [0.15, 0.2) is 192 Å². The van der Waals surface area contributed by atoms with Gasteiger partial charge >= 0.3 is 0 Å². The molecule has 0 N–H and O–H groups in total. The van der Waals surface area contributed by atoms with Crippen LogP contribution in [0, 0.1) is 0 Å². The molecular formula is C51H37NO. The van der Waals surface area contributed by atoms with Gasteiger partial charge in [-0.25, -0.2) is 0 Å². The predicted octanol–water partition coefficient (Wildman–Crippen LogP) is 14.4. The first kappa shape index (κ1) is 31.1. The summed E-state index contributed by atoms with van der Waals surface area (Å²) in [6.07, 6.45) is 0. The number of nitrogens with zero attached hydrogens (tertiary/aromatic N) is 1. The van der Waals surface area contributed by atoms with E-state index in [0.29, 0.717) is 0 Å². The average molecular weight is 680 g/mol. The van der Waals surface area contributed by atoms with Crippen molar-refractivity contribution < 1.29 is 4.42 Å². The summed E-state index contributed by atoms with van der Waals surface area (Å²) < 4.78 is 6.79. The summed E-state index contributed by atoms with van der Waals surface area (Å²) in [7, 11) is 0. The Balaban J connectivity index is 1.24. The number of anilines is 3. The van der Waals surface area contributed by atoms with E-state index in [1.165, 1.54) is 33.4 Å². The van der Waals surface area contributed by atoms with E-state index in [1.807, 2.05) is 0 Å². The fourth-order valence-electron chi connectivity index (χ4n) is 8.48. The third-order valence-electron chi connectivity index (χ3n) is 11.1. The van der Waals surface area contributed by atoms with Crippen LogP contribution in [0.25, 0.3) is 66.4 Å². The van der Waals surface area contributed by atoms with Gasteiger partial charge in [-0.2, -0.15) is 0 Å². The highest BCUT2D eigenvalue weighted by Gasteiger charge is 2.36. The third-order valence-corrected chi connectivity index (χ3v) is 11.1. The second-order valence-corrected chi connectivity index (χ2v) is 14.5. The lowest BCUT2D eigenvalue weighted by Gasteiger charge is -2.30. The van der Waals surface area contributed by atoms with Crippen LogP contribution < -0.4 is 4.90 Å². The monoisotopic (exact) mass is 679 g/mol. The molecule has 53 heavy (non-hydrogen) atoms. The lowest BCUT2D eigenvalue weighted by atomic mass is 9.82. The van der Waals surface area contributed by atoms with Crippen molar-refractivity contribution in [1.29, 1.82) is 0 Å². The van der Waals surface area contributed by atoms with Crippen LogP contribution in [0.3, 0.4) is 0 Å². The van der Waals surface area contributed by atoms with Crippen molar-refractivity contribution in [2.75, 3.05) is 4.90 Å². The van der Waals surface area contributed by atoms with Crippen LogP contribution in [0.2, 0.25) is 0 Å². The van der Waals surface area contributed by atoms with E-state index in [-0.39, 0.29) is 5.41 Å². The molecule has 1 aromatic heterocycles. The van der Waals surface area contributed by atoms with Gasteiger partial charge in [0.25, 0.3) is 0 Å². The van der Waals surface area contributed by atoms with Gasteiger partial charge in [0.05, 0.1) is 16.8 Å². The van der Waals surface area contributed by atoms with Crippen molar-refractivity contribution in [1.82, 2.24) is 0 Å². The average Bonchev–Trinajstić information content (AvgIpc) is 3.72. The second kappa shape index (κ2) is 12.3. The number of para-hydroxylation sites is 2. The Bertz CT molecular complexity index is 2790. The van der Waals surface area contributed by atoms with Crippen molar-refractivity contribution in [3.8, 4) is 44.5 Å². The van der Waals surface area contributed by atoms with Gasteiger partial charge in [-0.1, -0.05) is 166 Å². The smallest absolute Gasteiger partial charge is 0.145 e. The molecular weight excluding hydrogens is 643 g/mol. The van der Waals surface area contributed by atoms with Crippen molar-refractivity contribution in [3.05, 3.63) is 199 Å². The number of fused-ring (bicyclic) bond motifs is 6. The molecule has 0 fully saturated rings. The Hall–Kier alpha value is -6.64. The Labute approximate surface area is 310 Å². The molecule has 252 valence electrons. The Morgan fingerprint density at radius 1 is 0.415 bits per heavy atom. The highest BCUT2D eigenvalue weighted by Crippen LogP contribution is 2.53. The van der Waals surface area contributed by atoms with Crippen LogP contribution in [0.4, 0.5) is 17.1 Å². The van der Waals surface area contributed by atoms with Crippen LogP contribution in [0.5, 0.6) is 0 Å². The minimum absolute atomic E-state index is 0.0843. The summed E-state index contributed by atoms with van der Waals surface area (Å²) in [6.45, 7) is 4.68. The van der Waals surface area contributed by atoms with Crippen LogP contribution in [-0.4, -0.2) is 0 Å². The topological polar surface area (TPSA) is 16.4 Å². The van der Waals surface area contributed by atoms with Gasteiger partial charge in [0.2, 0.25) is 0 Å². The van der Waals surface area contributed by atoms with Crippen molar-refractivity contribution in [2.24, 2.45) is 0 Å². The molecule has 0 amide bonds. The molecule has 0 spiro atoms.